The Labute approximate surface area is 190 Å². The summed E-state index contributed by atoms with van der Waals surface area (Å²) >= 11 is 0. The number of benzene rings is 1. The van der Waals surface area contributed by atoms with Gasteiger partial charge < -0.3 is 26.2 Å². The number of alkyl halides is 3. The zero-order valence-corrected chi connectivity index (χ0v) is 17.8. The van der Waals surface area contributed by atoms with Crippen molar-refractivity contribution >= 4 is 28.9 Å². The van der Waals surface area contributed by atoms with E-state index in [9.17, 15) is 27.9 Å². The highest BCUT2D eigenvalue weighted by Crippen LogP contribution is 2.51. The van der Waals surface area contributed by atoms with Crippen molar-refractivity contribution in [2.24, 2.45) is 5.92 Å². The Balaban J connectivity index is 1.59. The third-order valence-electron chi connectivity index (χ3n) is 5.72. The summed E-state index contributed by atoms with van der Waals surface area (Å²) in [6.45, 7) is 2.08. The molecule has 1 aliphatic heterocycles. The lowest BCUT2D eigenvalue weighted by Crippen LogP contribution is -2.32. The summed E-state index contributed by atoms with van der Waals surface area (Å²) in [6, 6.07) is 3.42. The van der Waals surface area contributed by atoms with Crippen molar-refractivity contribution in [3.8, 4) is 5.75 Å². The van der Waals surface area contributed by atoms with Crippen LogP contribution in [0.5, 0.6) is 5.75 Å². The van der Waals surface area contributed by atoms with Crippen LogP contribution in [-0.4, -0.2) is 41.5 Å². The van der Waals surface area contributed by atoms with Crippen molar-refractivity contribution in [2.75, 3.05) is 36.1 Å². The van der Waals surface area contributed by atoms with E-state index in [0.29, 0.717) is 5.56 Å². The number of nitrogen functional groups attached to an aromatic ring is 1. The number of aromatic nitrogens is 1. The molecule has 2 aromatic rings. The number of nitrogens with two attached hydrogens (primary N) is 1. The van der Waals surface area contributed by atoms with Crippen LogP contribution in [-0.2, 0) is 11.0 Å². The lowest BCUT2D eigenvalue weighted by Gasteiger charge is -2.36. The predicted molar refractivity (Wildman–Crippen MR) is 114 cm³/mol. The summed E-state index contributed by atoms with van der Waals surface area (Å²) in [5.74, 6) is -3.94. The standard InChI is InChI=1S/C22H20F4N4O4/c1-9-8-34-20-14-10(9)7-11(21(32)33)19(31)15(14)17(27)16(23)18(20)29-6-5-28-13-4-2-3-12(30-13)22(24,25)26/h2-4,7,9-10,29H,5-6,8,27H2,1H3,(H,28,30)(H,32,33). The molecule has 2 atom stereocenters. The summed E-state index contributed by atoms with van der Waals surface area (Å²) in [5, 5.41) is 14.9. The first-order valence-corrected chi connectivity index (χ1v) is 10.3. The van der Waals surface area contributed by atoms with Gasteiger partial charge in [0.2, 0.25) is 5.78 Å². The number of aliphatic carboxylic acids is 1. The SMILES string of the molecule is CC1COc2c(NCCNc3cccc(C(F)(F)F)n3)c(F)c(N)c3c2C1C=C(C(=O)O)C3=O. The number of nitrogens with zero attached hydrogens (tertiary/aromatic N) is 1. The van der Waals surface area contributed by atoms with Gasteiger partial charge in [0.15, 0.2) is 5.82 Å². The van der Waals surface area contributed by atoms with Crippen LogP contribution < -0.4 is 21.1 Å². The quantitative estimate of drug-likeness (QED) is 0.214. The minimum atomic E-state index is -4.58. The lowest BCUT2D eigenvalue weighted by molar-refractivity contribution is -0.141. The second-order valence-electron chi connectivity index (χ2n) is 8.01. The van der Waals surface area contributed by atoms with Gasteiger partial charge >= 0.3 is 12.1 Å². The molecular weight excluding hydrogens is 460 g/mol. The maximum atomic E-state index is 15.2. The number of Topliss-reactive ketones (excluding diaryl/α,β-unsaturated/α-hetero) is 1. The third-order valence-corrected chi connectivity index (χ3v) is 5.72. The molecule has 0 spiro atoms. The number of pyridine rings is 1. The molecule has 1 aliphatic carbocycles. The largest absolute Gasteiger partial charge is 0.491 e. The van der Waals surface area contributed by atoms with Crippen molar-refractivity contribution in [1.82, 2.24) is 4.98 Å². The Hall–Kier alpha value is -3.83. The van der Waals surface area contributed by atoms with Crippen LogP contribution in [0.1, 0.15) is 34.5 Å². The van der Waals surface area contributed by atoms with Crippen molar-refractivity contribution in [3.05, 3.63) is 52.5 Å². The van der Waals surface area contributed by atoms with Gasteiger partial charge in [0.25, 0.3) is 0 Å². The van der Waals surface area contributed by atoms with Crippen LogP contribution in [0.25, 0.3) is 0 Å². The average molecular weight is 480 g/mol. The van der Waals surface area contributed by atoms with E-state index in [0.717, 1.165) is 6.07 Å². The molecule has 180 valence electrons. The summed E-state index contributed by atoms with van der Waals surface area (Å²) in [5.41, 5.74) is 3.91. The van der Waals surface area contributed by atoms with E-state index in [1.54, 1.807) is 0 Å². The Morgan fingerprint density at radius 2 is 2.00 bits per heavy atom. The van der Waals surface area contributed by atoms with Crippen molar-refractivity contribution < 1.29 is 37.0 Å². The van der Waals surface area contributed by atoms with Crippen molar-refractivity contribution in [2.45, 2.75) is 19.0 Å². The summed E-state index contributed by atoms with van der Waals surface area (Å²) in [4.78, 5) is 27.8. The molecule has 0 amide bonds. The van der Waals surface area contributed by atoms with Crippen LogP contribution in [0.4, 0.5) is 34.8 Å². The van der Waals surface area contributed by atoms with Gasteiger partial charge in [-0.1, -0.05) is 19.1 Å². The van der Waals surface area contributed by atoms with E-state index < -0.39 is 46.6 Å². The van der Waals surface area contributed by atoms with E-state index in [2.05, 4.69) is 15.6 Å². The molecule has 0 saturated heterocycles. The molecule has 0 saturated carbocycles. The molecule has 1 aromatic carbocycles. The molecule has 0 fully saturated rings. The van der Waals surface area contributed by atoms with E-state index in [1.807, 2.05) is 6.92 Å². The molecule has 2 unspecified atom stereocenters. The van der Waals surface area contributed by atoms with Gasteiger partial charge in [-0.2, -0.15) is 13.2 Å². The maximum absolute atomic E-state index is 15.2. The fraction of sp³-hybridized carbons (Fsp3) is 0.318. The van der Waals surface area contributed by atoms with E-state index >= 15 is 4.39 Å². The smallest absolute Gasteiger partial charge is 0.433 e. The van der Waals surface area contributed by atoms with Gasteiger partial charge in [0.1, 0.15) is 28.5 Å². The number of carbonyl (C=O) groups excluding carboxylic acids is 1. The highest BCUT2D eigenvalue weighted by atomic mass is 19.4. The first-order valence-electron chi connectivity index (χ1n) is 10.3. The second kappa shape index (κ2) is 8.50. The number of anilines is 3. The molecule has 8 nitrogen and oxygen atoms in total. The summed E-state index contributed by atoms with van der Waals surface area (Å²) in [7, 11) is 0. The number of halogens is 4. The van der Waals surface area contributed by atoms with Gasteiger partial charge in [-0.05, 0) is 12.1 Å². The maximum Gasteiger partial charge on any atom is 0.433 e. The first-order chi connectivity index (χ1) is 16.0. The van der Waals surface area contributed by atoms with E-state index in [-0.39, 0.29) is 48.4 Å². The number of ether oxygens (including phenoxy) is 1. The number of carbonyl (C=O) groups is 2. The topological polar surface area (TPSA) is 127 Å². The van der Waals surface area contributed by atoms with Crippen molar-refractivity contribution in [1.29, 1.82) is 0 Å². The molecule has 12 heteroatoms. The third kappa shape index (κ3) is 3.99. The first kappa shape index (κ1) is 23.3. The Morgan fingerprint density at radius 1 is 1.29 bits per heavy atom. The normalized spacial score (nSPS) is 19.1. The molecule has 1 aromatic heterocycles. The number of carboxylic acids is 1. The molecule has 0 bridgehead atoms. The zero-order chi connectivity index (χ0) is 24.8. The minimum Gasteiger partial charge on any atom is -0.491 e. The average Bonchev–Trinajstić information content (AvgIpc) is 2.77. The van der Waals surface area contributed by atoms with Crippen LogP contribution in [0.2, 0.25) is 0 Å². The molecule has 34 heavy (non-hydrogen) atoms. The summed E-state index contributed by atoms with van der Waals surface area (Å²) in [6.07, 6.45) is -3.24. The van der Waals surface area contributed by atoms with Gasteiger partial charge in [-0.3, -0.25) is 4.79 Å². The number of allylic oxidation sites excluding steroid dienone is 1. The van der Waals surface area contributed by atoms with Crippen LogP contribution in [0.3, 0.4) is 0 Å². The Kier molecular flexibility index (Phi) is 5.84. The number of rotatable bonds is 6. The Bertz CT molecular complexity index is 1210. The van der Waals surface area contributed by atoms with Crippen LogP contribution in [0, 0.1) is 11.7 Å². The van der Waals surface area contributed by atoms with Gasteiger partial charge in [0, 0.05) is 30.5 Å². The number of carboxylic acid groups (broad SMARTS) is 1. The monoisotopic (exact) mass is 480 g/mol. The van der Waals surface area contributed by atoms with Gasteiger partial charge in [0.05, 0.1) is 17.9 Å². The molecule has 2 aliphatic rings. The predicted octanol–water partition coefficient (Wildman–Crippen LogP) is 3.67. The fourth-order valence-corrected chi connectivity index (χ4v) is 4.09. The number of nitrogens with one attached hydrogen (secondary N) is 2. The number of hydrogen-bond donors (Lipinski definition) is 4. The molecule has 0 radical (unpaired) electrons. The van der Waals surface area contributed by atoms with E-state index in [4.69, 9.17) is 10.5 Å². The lowest BCUT2D eigenvalue weighted by atomic mass is 9.74. The highest BCUT2D eigenvalue weighted by Gasteiger charge is 2.42. The minimum absolute atomic E-state index is 0.00883. The summed E-state index contributed by atoms with van der Waals surface area (Å²) < 4.78 is 59.3. The molecule has 2 heterocycles. The number of ketones is 1. The van der Waals surface area contributed by atoms with E-state index in [1.165, 1.54) is 18.2 Å². The van der Waals surface area contributed by atoms with Crippen molar-refractivity contribution in [3.63, 3.8) is 0 Å². The zero-order valence-electron chi connectivity index (χ0n) is 17.8. The Morgan fingerprint density at radius 3 is 2.68 bits per heavy atom. The van der Waals surface area contributed by atoms with Crippen LogP contribution in [0.15, 0.2) is 29.8 Å². The second-order valence-corrected chi connectivity index (χ2v) is 8.01. The number of hydrogen-bond acceptors (Lipinski definition) is 7. The van der Waals surface area contributed by atoms with Gasteiger partial charge in [-0.25, -0.2) is 14.2 Å². The molecular formula is C22H20F4N4O4. The highest BCUT2D eigenvalue weighted by molar-refractivity contribution is 6.27. The molecule has 5 N–H and O–H groups in total. The fourth-order valence-electron chi connectivity index (χ4n) is 4.09. The van der Waals surface area contributed by atoms with Gasteiger partial charge in [-0.15, -0.1) is 0 Å². The van der Waals surface area contributed by atoms with Crippen LogP contribution >= 0.6 is 0 Å². The molecule has 4 rings (SSSR count).